The molecular formula is C28H22FN3O. The number of imidazole rings is 1. The van der Waals surface area contributed by atoms with E-state index in [1.54, 1.807) is 13.0 Å². The summed E-state index contributed by atoms with van der Waals surface area (Å²) in [6, 6.07) is 19.2. The molecule has 2 aromatic heterocycles. The second-order valence-electron chi connectivity index (χ2n) is 8.86. The molecule has 0 N–H and O–H groups in total. The lowest BCUT2D eigenvalue weighted by atomic mass is 9.89. The highest BCUT2D eigenvalue weighted by Gasteiger charge is 2.30. The number of rotatable bonds is 3. The standard InChI is InChI=1S/C28H22FN3O/c1-17(15-30)27-22-9-5-18(12-20(22)16-33-25-14-21(29)8-10-23(25)27)13-24-28(19-6-7-19)31-26-4-2-3-11-32(24)26/h2-5,8-12,14,19H,6-7,13,16H2,1H3/b27-17+. The maximum atomic E-state index is 13.9. The van der Waals surface area contributed by atoms with Gasteiger partial charge in [0.25, 0.3) is 0 Å². The van der Waals surface area contributed by atoms with E-state index in [-0.39, 0.29) is 5.82 Å². The van der Waals surface area contributed by atoms with Crippen molar-refractivity contribution in [2.75, 3.05) is 0 Å². The number of nitrogens with zero attached hydrogens (tertiary/aromatic N) is 3. The minimum absolute atomic E-state index is 0.324. The lowest BCUT2D eigenvalue weighted by molar-refractivity contribution is 0.305. The summed E-state index contributed by atoms with van der Waals surface area (Å²) in [4.78, 5) is 4.91. The summed E-state index contributed by atoms with van der Waals surface area (Å²) in [5.41, 5.74) is 8.68. The summed E-state index contributed by atoms with van der Waals surface area (Å²) < 4.78 is 22.1. The van der Waals surface area contributed by atoms with Crippen LogP contribution in [-0.2, 0) is 13.0 Å². The van der Waals surface area contributed by atoms with Crippen LogP contribution in [0, 0.1) is 17.1 Å². The van der Waals surface area contributed by atoms with Gasteiger partial charge in [0, 0.05) is 41.3 Å². The molecule has 0 radical (unpaired) electrons. The Morgan fingerprint density at radius 1 is 1.15 bits per heavy atom. The van der Waals surface area contributed by atoms with Crippen molar-refractivity contribution in [3.63, 3.8) is 0 Å². The number of benzene rings is 2. The number of aromatic nitrogens is 2. The molecule has 0 spiro atoms. The van der Waals surface area contributed by atoms with E-state index in [4.69, 9.17) is 9.72 Å². The Balaban J connectivity index is 1.45. The van der Waals surface area contributed by atoms with Crippen LogP contribution in [0.1, 0.15) is 59.3 Å². The number of hydrogen-bond acceptors (Lipinski definition) is 3. The van der Waals surface area contributed by atoms with Crippen LogP contribution in [0.25, 0.3) is 11.2 Å². The van der Waals surface area contributed by atoms with E-state index in [0.29, 0.717) is 23.8 Å². The lowest BCUT2D eigenvalue weighted by Crippen LogP contribution is -2.01. The number of halogens is 1. The molecular weight excluding hydrogens is 413 g/mol. The predicted molar refractivity (Wildman–Crippen MR) is 124 cm³/mol. The van der Waals surface area contributed by atoms with Gasteiger partial charge in [0.1, 0.15) is 23.8 Å². The summed E-state index contributed by atoms with van der Waals surface area (Å²) in [6.07, 6.45) is 5.25. The Labute approximate surface area is 191 Å². The van der Waals surface area contributed by atoms with Crippen molar-refractivity contribution in [2.45, 2.75) is 38.7 Å². The monoisotopic (exact) mass is 435 g/mol. The number of fused-ring (bicyclic) bond motifs is 3. The maximum absolute atomic E-state index is 13.9. The van der Waals surface area contributed by atoms with Gasteiger partial charge in [-0.3, -0.25) is 0 Å². The molecule has 1 fully saturated rings. The van der Waals surface area contributed by atoms with E-state index in [2.05, 4.69) is 40.9 Å². The number of ether oxygens (including phenoxy) is 1. The molecule has 0 bridgehead atoms. The lowest BCUT2D eigenvalue weighted by Gasteiger charge is -2.13. The normalized spacial score (nSPS) is 16.4. The zero-order valence-corrected chi connectivity index (χ0v) is 18.3. The van der Waals surface area contributed by atoms with Gasteiger partial charge in [-0.05, 0) is 60.7 Å². The topological polar surface area (TPSA) is 50.3 Å². The number of hydrogen-bond donors (Lipinski definition) is 0. The summed E-state index contributed by atoms with van der Waals surface area (Å²) in [6.45, 7) is 2.12. The smallest absolute Gasteiger partial charge is 0.137 e. The first kappa shape index (κ1) is 19.8. The van der Waals surface area contributed by atoms with Crippen LogP contribution >= 0.6 is 0 Å². The third-order valence-electron chi connectivity index (χ3n) is 6.57. The number of pyridine rings is 1. The molecule has 2 aromatic carbocycles. The summed E-state index contributed by atoms with van der Waals surface area (Å²) in [5.74, 6) is 0.672. The predicted octanol–water partition coefficient (Wildman–Crippen LogP) is 6.18. The van der Waals surface area contributed by atoms with Gasteiger partial charge in [0.05, 0.1) is 17.5 Å². The molecule has 1 saturated carbocycles. The van der Waals surface area contributed by atoms with Gasteiger partial charge in [0.15, 0.2) is 0 Å². The van der Waals surface area contributed by atoms with E-state index < -0.39 is 0 Å². The first-order chi connectivity index (χ1) is 16.1. The highest BCUT2D eigenvalue weighted by Crippen LogP contribution is 2.42. The van der Waals surface area contributed by atoms with Crippen molar-refractivity contribution in [1.29, 1.82) is 5.26 Å². The Bertz CT molecular complexity index is 1490. The molecule has 0 saturated heterocycles. The molecule has 162 valence electrons. The van der Waals surface area contributed by atoms with Crippen LogP contribution in [0.4, 0.5) is 4.39 Å². The molecule has 1 aliphatic carbocycles. The van der Waals surface area contributed by atoms with Crippen LogP contribution in [0.15, 0.2) is 66.4 Å². The molecule has 0 amide bonds. The van der Waals surface area contributed by atoms with Gasteiger partial charge < -0.3 is 9.14 Å². The van der Waals surface area contributed by atoms with Gasteiger partial charge in [-0.15, -0.1) is 0 Å². The Morgan fingerprint density at radius 2 is 2.00 bits per heavy atom. The Morgan fingerprint density at radius 3 is 2.82 bits per heavy atom. The molecule has 0 atom stereocenters. The molecule has 4 nitrogen and oxygen atoms in total. The molecule has 3 heterocycles. The van der Waals surface area contributed by atoms with Crippen molar-refractivity contribution in [3.05, 3.63) is 106 Å². The minimum atomic E-state index is -0.352. The van der Waals surface area contributed by atoms with Gasteiger partial charge >= 0.3 is 0 Å². The quantitative estimate of drug-likeness (QED) is 0.361. The van der Waals surface area contributed by atoms with Crippen LogP contribution in [-0.4, -0.2) is 9.38 Å². The third-order valence-corrected chi connectivity index (χ3v) is 6.57. The first-order valence-corrected chi connectivity index (χ1v) is 11.2. The number of nitriles is 1. The first-order valence-electron chi connectivity index (χ1n) is 11.2. The average Bonchev–Trinajstić information content (AvgIpc) is 3.63. The molecule has 4 aromatic rings. The molecule has 33 heavy (non-hydrogen) atoms. The van der Waals surface area contributed by atoms with E-state index in [1.165, 1.54) is 36.4 Å². The maximum Gasteiger partial charge on any atom is 0.137 e. The van der Waals surface area contributed by atoms with Crippen molar-refractivity contribution >= 4 is 11.2 Å². The average molecular weight is 436 g/mol. The number of allylic oxidation sites excluding steroid dienone is 1. The fourth-order valence-corrected chi connectivity index (χ4v) is 4.82. The zero-order chi connectivity index (χ0) is 22.5. The SMILES string of the molecule is C/C(C#N)=C1/c2ccc(Cc3c(C4CC4)nc4ccccn34)cc2COc2cc(F)ccc21. The fourth-order valence-electron chi connectivity index (χ4n) is 4.82. The highest BCUT2D eigenvalue weighted by molar-refractivity contribution is 5.88. The summed E-state index contributed by atoms with van der Waals surface area (Å²) in [5, 5.41) is 9.67. The molecule has 6 rings (SSSR count). The van der Waals surface area contributed by atoms with Crippen molar-refractivity contribution < 1.29 is 9.13 Å². The summed E-state index contributed by atoms with van der Waals surface area (Å²) >= 11 is 0. The fraction of sp³-hybridized carbons (Fsp3) is 0.214. The van der Waals surface area contributed by atoms with Crippen molar-refractivity contribution in [1.82, 2.24) is 9.38 Å². The van der Waals surface area contributed by atoms with E-state index in [1.807, 2.05) is 12.1 Å². The van der Waals surface area contributed by atoms with Crippen LogP contribution in [0.3, 0.4) is 0 Å². The summed E-state index contributed by atoms with van der Waals surface area (Å²) in [7, 11) is 0. The van der Waals surface area contributed by atoms with E-state index in [0.717, 1.165) is 39.9 Å². The van der Waals surface area contributed by atoms with Gasteiger partial charge in [0.2, 0.25) is 0 Å². The van der Waals surface area contributed by atoms with E-state index >= 15 is 0 Å². The van der Waals surface area contributed by atoms with Crippen LogP contribution in [0.5, 0.6) is 5.75 Å². The minimum Gasteiger partial charge on any atom is -0.488 e. The molecule has 0 unspecified atom stereocenters. The second-order valence-corrected chi connectivity index (χ2v) is 8.86. The third kappa shape index (κ3) is 3.39. The Kier molecular flexibility index (Phi) is 4.55. The van der Waals surface area contributed by atoms with Crippen molar-refractivity contribution in [3.8, 4) is 11.8 Å². The van der Waals surface area contributed by atoms with E-state index in [9.17, 15) is 9.65 Å². The molecule has 5 heteroatoms. The van der Waals surface area contributed by atoms with Gasteiger partial charge in [-0.2, -0.15) is 5.26 Å². The molecule has 2 aliphatic rings. The van der Waals surface area contributed by atoms with Crippen LogP contribution < -0.4 is 4.74 Å². The van der Waals surface area contributed by atoms with Crippen LogP contribution in [0.2, 0.25) is 0 Å². The van der Waals surface area contributed by atoms with Crippen molar-refractivity contribution in [2.24, 2.45) is 0 Å². The highest BCUT2D eigenvalue weighted by atomic mass is 19.1. The molecule has 1 aliphatic heterocycles. The van der Waals surface area contributed by atoms with Gasteiger partial charge in [-0.1, -0.05) is 24.3 Å². The van der Waals surface area contributed by atoms with Gasteiger partial charge in [-0.25, -0.2) is 9.37 Å². The zero-order valence-electron chi connectivity index (χ0n) is 18.3. The Hall–Kier alpha value is -3.91. The second kappa shape index (κ2) is 7.60. The largest absolute Gasteiger partial charge is 0.488 e.